The largest absolute Gasteiger partial charge is 0.454 e. The molecule has 0 saturated heterocycles. The number of aromatic nitrogens is 4. The molecule has 5 heterocycles. The average Bonchev–Trinajstić information content (AvgIpc) is 3.53. The number of nitrogens with zero attached hydrogens (tertiary/aromatic N) is 4. The molecule has 0 spiro atoms. The van der Waals surface area contributed by atoms with Gasteiger partial charge in [0, 0.05) is 47.0 Å². The van der Waals surface area contributed by atoms with Crippen LogP contribution in [-0.4, -0.2) is 19.5 Å². The van der Waals surface area contributed by atoms with Crippen molar-refractivity contribution >= 4 is 50.9 Å². The lowest BCUT2D eigenvalue weighted by atomic mass is 10.0. The molecular formula is C26H16N4O2. The lowest BCUT2D eigenvalue weighted by Crippen LogP contribution is -1.89. The number of hydrogen-bond donors (Lipinski definition) is 0. The highest BCUT2D eigenvalue weighted by Gasteiger charge is 2.19. The molecule has 0 aliphatic heterocycles. The van der Waals surface area contributed by atoms with E-state index in [0.717, 1.165) is 67.7 Å². The van der Waals surface area contributed by atoms with E-state index in [0.29, 0.717) is 0 Å². The number of allylic oxidation sites excluding steroid dienone is 2. The Hall–Kier alpha value is -4.45. The van der Waals surface area contributed by atoms with Crippen molar-refractivity contribution in [3.63, 3.8) is 0 Å². The van der Waals surface area contributed by atoms with Crippen LogP contribution in [0.5, 0.6) is 0 Å². The molecule has 5 aromatic heterocycles. The number of pyridine rings is 2. The zero-order valence-electron chi connectivity index (χ0n) is 16.9. The van der Waals surface area contributed by atoms with Crippen molar-refractivity contribution in [3.05, 3.63) is 90.5 Å². The molecule has 1 aliphatic rings. The second-order valence-electron chi connectivity index (χ2n) is 7.79. The molecule has 152 valence electrons. The molecule has 1 aromatic carbocycles. The third-order valence-electron chi connectivity index (χ3n) is 5.92. The second-order valence-corrected chi connectivity index (χ2v) is 7.79. The standard InChI is InChI=1S/C26H16N4O2/c1-3-16(13-19-21(4-1)31-23-5-2-9-28-24(19)23)18-8-10-29-25-20-14-17(30-12-11-27-15-30)6-7-22(20)32-26(18)25/h1-2,4-15H,3H2. The Morgan fingerprint density at radius 3 is 2.81 bits per heavy atom. The fourth-order valence-electron chi connectivity index (χ4n) is 4.41. The van der Waals surface area contributed by atoms with E-state index in [1.807, 2.05) is 53.4 Å². The van der Waals surface area contributed by atoms with Gasteiger partial charge in [-0.3, -0.25) is 9.97 Å². The van der Waals surface area contributed by atoms with E-state index in [1.165, 1.54) is 0 Å². The molecular weight excluding hydrogens is 400 g/mol. The third kappa shape index (κ3) is 2.50. The molecule has 0 unspecified atom stereocenters. The molecule has 0 N–H and O–H groups in total. The molecule has 0 bridgehead atoms. The van der Waals surface area contributed by atoms with Gasteiger partial charge in [-0.1, -0.05) is 6.08 Å². The zero-order valence-corrected chi connectivity index (χ0v) is 16.9. The van der Waals surface area contributed by atoms with Crippen molar-refractivity contribution in [2.45, 2.75) is 6.42 Å². The van der Waals surface area contributed by atoms with E-state index in [4.69, 9.17) is 8.83 Å². The van der Waals surface area contributed by atoms with Crippen LogP contribution in [0.15, 0.2) is 82.4 Å². The van der Waals surface area contributed by atoms with Crippen LogP contribution in [0.3, 0.4) is 0 Å². The van der Waals surface area contributed by atoms with Gasteiger partial charge in [0.1, 0.15) is 22.4 Å². The van der Waals surface area contributed by atoms with Gasteiger partial charge in [0.25, 0.3) is 0 Å². The molecule has 7 rings (SSSR count). The number of fused-ring (bicyclic) bond motifs is 6. The second kappa shape index (κ2) is 6.52. The molecule has 32 heavy (non-hydrogen) atoms. The number of furan rings is 2. The summed E-state index contributed by atoms with van der Waals surface area (Å²) in [7, 11) is 0. The first-order chi connectivity index (χ1) is 15.8. The number of benzene rings is 1. The van der Waals surface area contributed by atoms with Crippen molar-refractivity contribution in [2.24, 2.45) is 0 Å². The van der Waals surface area contributed by atoms with Crippen molar-refractivity contribution in [3.8, 4) is 5.69 Å². The molecule has 6 heteroatoms. The van der Waals surface area contributed by atoms with Crippen molar-refractivity contribution < 1.29 is 8.83 Å². The summed E-state index contributed by atoms with van der Waals surface area (Å²) >= 11 is 0. The van der Waals surface area contributed by atoms with Crippen LogP contribution in [-0.2, 0) is 0 Å². The Labute approximate surface area is 182 Å². The SMILES string of the molecule is C1=Cc2oc3cccnc3c2C=C(c2ccnc3c2oc2ccc(-n4ccnc4)cc23)C1. The number of rotatable bonds is 2. The molecule has 1 aliphatic carbocycles. The Morgan fingerprint density at radius 1 is 0.906 bits per heavy atom. The topological polar surface area (TPSA) is 69.9 Å². The van der Waals surface area contributed by atoms with Crippen LogP contribution >= 0.6 is 0 Å². The fraction of sp³-hybridized carbons (Fsp3) is 0.0385. The highest BCUT2D eigenvalue weighted by molar-refractivity contribution is 6.08. The Morgan fingerprint density at radius 2 is 1.88 bits per heavy atom. The predicted octanol–water partition coefficient (Wildman–Crippen LogP) is 6.27. The Bertz CT molecular complexity index is 1700. The van der Waals surface area contributed by atoms with Gasteiger partial charge in [-0.25, -0.2) is 4.98 Å². The predicted molar refractivity (Wildman–Crippen MR) is 124 cm³/mol. The zero-order chi connectivity index (χ0) is 21.1. The van der Waals surface area contributed by atoms with Gasteiger partial charge >= 0.3 is 0 Å². The first-order valence-electron chi connectivity index (χ1n) is 10.4. The lowest BCUT2D eigenvalue weighted by molar-refractivity contribution is 0.603. The van der Waals surface area contributed by atoms with E-state index < -0.39 is 0 Å². The number of imidazole rings is 1. The summed E-state index contributed by atoms with van der Waals surface area (Å²) in [5.74, 6) is 0.827. The first-order valence-corrected chi connectivity index (χ1v) is 10.4. The number of hydrogen-bond acceptors (Lipinski definition) is 5. The molecule has 0 amide bonds. The first kappa shape index (κ1) is 17.3. The molecule has 0 fully saturated rings. The maximum Gasteiger partial charge on any atom is 0.161 e. The minimum Gasteiger partial charge on any atom is -0.454 e. The maximum absolute atomic E-state index is 6.32. The lowest BCUT2D eigenvalue weighted by Gasteiger charge is -2.05. The fourth-order valence-corrected chi connectivity index (χ4v) is 4.41. The highest BCUT2D eigenvalue weighted by atomic mass is 16.3. The summed E-state index contributed by atoms with van der Waals surface area (Å²) in [6.07, 6.45) is 16.2. The van der Waals surface area contributed by atoms with E-state index in [9.17, 15) is 0 Å². The van der Waals surface area contributed by atoms with Crippen molar-refractivity contribution in [1.82, 2.24) is 19.5 Å². The van der Waals surface area contributed by atoms with Crippen LogP contribution in [0.2, 0.25) is 0 Å². The molecule has 0 radical (unpaired) electrons. The quantitative estimate of drug-likeness (QED) is 0.333. The minimum atomic E-state index is 0.759. The maximum atomic E-state index is 6.32. The van der Waals surface area contributed by atoms with Gasteiger partial charge < -0.3 is 13.4 Å². The van der Waals surface area contributed by atoms with Gasteiger partial charge in [0.05, 0.1) is 6.33 Å². The summed E-state index contributed by atoms with van der Waals surface area (Å²) in [4.78, 5) is 13.3. The van der Waals surface area contributed by atoms with E-state index in [-0.39, 0.29) is 0 Å². The summed E-state index contributed by atoms with van der Waals surface area (Å²) in [5, 5.41) is 0.980. The van der Waals surface area contributed by atoms with Crippen molar-refractivity contribution in [2.75, 3.05) is 0 Å². The smallest absolute Gasteiger partial charge is 0.161 e. The van der Waals surface area contributed by atoms with Gasteiger partial charge in [0.2, 0.25) is 0 Å². The summed E-state index contributed by atoms with van der Waals surface area (Å²) in [6, 6.07) is 11.9. The van der Waals surface area contributed by atoms with Crippen LogP contribution in [0, 0.1) is 0 Å². The van der Waals surface area contributed by atoms with Gasteiger partial charge in [-0.05, 0) is 60.5 Å². The Kier molecular flexibility index (Phi) is 3.52. The third-order valence-corrected chi connectivity index (χ3v) is 5.92. The van der Waals surface area contributed by atoms with E-state index in [2.05, 4.69) is 33.2 Å². The molecule has 0 atom stereocenters. The highest BCUT2D eigenvalue weighted by Crippen LogP contribution is 2.38. The normalized spacial score (nSPS) is 13.6. The van der Waals surface area contributed by atoms with Crippen LogP contribution in [0.4, 0.5) is 0 Å². The molecule has 6 nitrogen and oxygen atoms in total. The summed E-state index contributed by atoms with van der Waals surface area (Å²) in [6.45, 7) is 0. The van der Waals surface area contributed by atoms with Gasteiger partial charge in [-0.15, -0.1) is 0 Å². The van der Waals surface area contributed by atoms with Gasteiger partial charge in [-0.2, -0.15) is 0 Å². The van der Waals surface area contributed by atoms with E-state index in [1.54, 1.807) is 18.7 Å². The van der Waals surface area contributed by atoms with Crippen LogP contribution in [0.25, 0.3) is 56.6 Å². The van der Waals surface area contributed by atoms with Crippen molar-refractivity contribution in [1.29, 1.82) is 0 Å². The summed E-state index contributed by atoms with van der Waals surface area (Å²) in [5.41, 5.74) is 8.27. The van der Waals surface area contributed by atoms with Gasteiger partial charge in [0.15, 0.2) is 11.2 Å². The summed E-state index contributed by atoms with van der Waals surface area (Å²) < 4.78 is 14.3. The molecule has 0 saturated carbocycles. The average molecular weight is 416 g/mol. The minimum absolute atomic E-state index is 0.759. The van der Waals surface area contributed by atoms with E-state index >= 15 is 0 Å². The van der Waals surface area contributed by atoms with Crippen LogP contribution in [0.1, 0.15) is 23.3 Å². The monoisotopic (exact) mass is 416 g/mol. The van der Waals surface area contributed by atoms with Crippen LogP contribution < -0.4 is 0 Å². The Balaban J connectivity index is 1.45. The molecule has 6 aromatic rings.